The van der Waals surface area contributed by atoms with Gasteiger partial charge in [-0.3, -0.25) is 0 Å². The summed E-state index contributed by atoms with van der Waals surface area (Å²) in [5.41, 5.74) is 2.07. The number of nitrogens with zero attached hydrogens (tertiary/aromatic N) is 2. The van der Waals surface area contributed by atoms with Crippen LogP contribution in [0.2, 0.25) is 0 Å². The molecule has 0 radical (unpaired) electrons. The van der Waals surface area contributed by atoms with Crippen LogP contribution in [0.25, 0.3) is 0 Å². The van der Waals surface area contributed by atoms with Crippen molar-refractivity contribution in [3.05, 3.63) is 54.1 Å². The Balaban J connectivity index is 2.26. The van der Waals surface area contributed by atoms with Gasteiger partial charge in [0.1, 0.15) is 7.05 Å². The highest BCUT2D eigenvalue weighted by Gasteiger charge is 1.92. The van der Waals surface area contributed by atoms with Gasteiger partial charge in [0.05, 0.1) is 5.69 Å². The van der Waals surface area contributed by atoms with Gasteiger partial charge in [-0.15, -0.1) is 0 Å². The number of pyridine rings is 1. The molecule has 0 amide bonds. The first-order valence-corrected chi connectivity index (χ1v) is 4.84. The molecule has 0 fully saturated rings. The van der Waals surface area contributed by atoms with E-state index in [4.69, 9.17) is 0 Å². The lowest BCUT2D eigenvalue weighted by molar-refractivity contribution is -0.671. The summed E-state index contributed by atoms with van der Waals surface area (Å²) in [5.74, 6) is 6.26. The predicted octanol–water partition coefficient (Wildman–Crippen LogP) is 1.25. The molecule has 74 valence electrons. The van der Waals surface area contributed by atoms with Gasteiger partial charge in [-0.05, 0) is 18.1 Å². The molecule has 0 aliphatic rings. The van der Waals surface area contributed by atoms with Crippen LogP contribution in [-0.2, 0) is 14.1 Å². The molecule has 0 aromatic carbocycles. The van der Waals surface area contributed by atoms with Crippen molar-refractivity contribution in [2.45, 2.75) is 0 Å². The molecule has 0 N–H and O–H groups in total. The van der Waals surface area contributed by atoms with Crippen LogP contribution in [-0.4, -0.2) is 4.57 Å². The standard InChI is InChI=1S/C13H13N2/c1-14-10-7-12(8-11-14)5-6-13-4-3-9-15(13)2/h3-4,7-11H,1-2H3/q+1. The van der Waals surface area contributed by atoms with E-state index in [1.165, 1.54) is 0 Å². The second-order valence-corrected chi connectivity index (χ2v) is 3.51. The number of rotatable bonds is 0. The molecule has 2 aromatic rings. The lowest BCUT2D eigenvalue weighted by atomic mass is 10.2. The van der Waals surface area contributed by atoms with Crippen LogP contribution in [0.15, 0.2) is 42.9 Å². The molecule has 0 saturated heterocycles. The fourth-order valence-electron chi connectivity index (χ4n) is 1.31. The summed E-state index contributed by atoms with van der Waals surface area (Å²) in [6.07, 6.45) is 5.99. The van der Waals surface area contributed by atoms with Gasteiger partial charge >= 0.3 is 0 Å². The number of aryl methyl sites for hydroxylation is 2. The molecular weight excluding hydrogens is 184 g/mol. The monoisotopic (exact) mass is 197 g/mol. The van der Waals surface area contributed by atoms with E-state index in [1.54, 1.807) is 0 Å². The van der Waals surface area contributed by atoms with Crippen molar-refractivity contribution in [3.63, 3.8) is 0 Å². The van der Waals surface area contributed by atoms with Gasteiger partial charge in [-0.2, -0.15) is 0 Å². The van der Waals surface area contributed by atoms with Crippen LogP contribution in [0.4, 0.5) is 0 Å². The van der Waals surface area contributed by atoms with E-state index >= 15 is 0 Å². The Labute approximate surface area is 89.8 Å². The molecule has 0 spiro atoms. The van der Waals surface area contributed by atoms with E-state index in [0.717, 1.165) is 11.3 Å². The molecule has 2 rings (SSSR count). The van der Waals surface area contributed by atoms with E-state index in [-0.39, 0.29) is 0 Å². The van der Waals surface area contributed by atoms with E-state index < -0.39 is 0 Å². The first-order valence-electron chi connectivity index (χ1n) is 4.84. The van der Waals surface area contributed by atoms with Gasteiger partial charge in [0, 0.05) is 30.9 Å². The minimum Gasteiger partial charge on any atom is -0.344 e. The van der Waals surface area contributed by atoms with E-state index in [2.05, 4.69) is 11.8 Å². The summed E-state index contributed by atoms with van der Waals surface area (Å²) >= 11 is 0. The second kappa shape index (κ2) is 4.02. The molecule has 0 atom stereocenters. The Morgan fingerprint density at radius 3 is 2.47 bits per heavy atom. The summed E-state index contributed by atoms with van der Waals surface area (Å²) in [7, 11) is 3.99. The van der Waals surface area contributed by atoms with Crippen LogP contribution < -0.4 is 4.57 Å². The maximum absolute atomic E-state index is 3.13. The number of hydrogen-bond donors (Lipinski definition) is 0. The van der Waals surface area contributed by atoms with Crippen molar-refractivity contribution < 1.29 is 4.57 Å². The Bertz CT molecular complexity index is 509. The Morgan fingerprint density at radius 2 is 1.87 bits per heavy atom. The first-order chi connectivity index (χ1) is 7.25. The van der Waals surface area contributed by atoms with Gasteiger partial charge in [0.15, 0.2) is 12.4 Å². The normalized spacial score (nSPS) is 9.47. The van der Waals surface area contributed by atoms with Crippen LogP contribution >= 0.6 is 0 Å². The topological polar surface area (TPSA) is 8.81 Å². The predicted molar refractivity (Wildman–Crippen MR) is 59.0 cm³/mol. The van der Waals surface area contributed by atoms with Gasteiger partial charge in [0.25, 0.3) is 0 Å². The maximum atomic E-state index is 3.13. The highest BCUT2D eigenvalue weighted by molar-refractivity contribution is 5.39. The smallest absolute Gasteiger partial charge is 0.169 e. The molecule has 2 heterocycles. The van der Waals surface area contributed by atoms with Crippen molar-refractivity contribution in [1.82, 2.24) is 4.57 Å². The average Bonchev–Trinajstić information content (AvgIpc) is 2.63. The molecular formula is C13H13N2+. The van der Waals surface area contributed by atoms with Crippen LogP contribution in [0.3, 0.4) is 0 Å². The molecule has 2 heteroatoms. The molecule has 0 saturated carbocycles. The zero-order valence-electron chi connectivity index (χ0n) is 8.94. The van der Waals surface area contributed by atoms with Crippen LogP contribution in [0.1, 0.15) is 11.3 Å². The summed E-state index contributed by atoms with van der Waals surface area (Å²) in [6, 6.07) is 8.02. The molecule has 15 heavy (non-hydrogen) atoms. The summed E-state index contributed by atoms with van der Waals surface area (Å²) < 4.78 is 4.00. The first kappa shape index (κ1) is 9.54. The van der Waals surface area contributed by atoms with Crippen LogP contribution in [0, 0.1) is 11.8 Å². The number of aromatic nitrogens is 2. The molecule has 0 bridgehead atoms. The summed E-state index contributed by atoms with van der Waals surface area (Å²) in [4.78, 5) is 0. The van der Waals surface area contributed by atoms with E-state index in [9.17, 15) is 0 Å². The third-order valence-corrected chi connectivity index (χ3v) is 2.26. The van der Waals surface area contributed by atoms with Gasteiger partial charge in [-0.1, -0.05) is 5.92 Å². The highest BCUT2D eigenvalue weighted by atomic mass is 14.9. The molecule has 0 aliphatic heterocycles. The van der Waals surface area contributed by atoms with Gasteiger partial charge < -0.3 is 4.57 Å². The maximum Gasteiger partial charge on any atom is 0.169 e. The van der Waals surface area contributed by atoms with Crippen molar-refractivity contribution in [2.24, 2.45) is 14.1 Å². The van der Waals surface area contributed by atoms with Gasteiger partial charge in [-0.25, -0.2) is 4.57 Å². The Morgan fingerprint density at radius 1 is 1.13 bits per heavy atom. The Kier molecular flexibility index (Phi) is 2.55. The lowest BCUT2D eigenvalue weighted by Crippen LogP contribution is -2.25. The largest absolute Gasteiger partial charge is 0.344 e. The van der Waals surface area contributed by atoms with E-state index in [1.807, 2.05) is 66.1 Å². The second-order valence-electron chi connectivity index (χ2n) is 3.51. The van der Waals surface area contributed by atoms with Crippen molar-refractivity contribution >= 4 is 0 Å². The molecule has 0 unspecified atom stereocenters. The fraction of sp³-hybridized carbons (Fsp3) is 0.154. The minimum atomic E-state index is 1.03. The summed E-state index contributed by atoms with van der Waals surface area (Å²) in [6.45, 7) is 0. The lowest BCUT2D eigenvalue weighted by Gasteiger charge is -1.91. The summed E-state index contributed by atoms with van der Waals surface area (Å²) in [5, 5.41) is 0. The Hall–Kier alpha value is -2.01. The zero-order valence-corrected chi connectivity index (χ0v) is 8.94. The average molecular weight is 197 g/mol. The van der Waals surface area contributed by atoms with Crippen molar-refractivity contribution in [3.8, 4) is 11.8 Å². The number of hydrogen-bond acceptors (Lipinski definition) is 0. The molecule has 2 nitrogen and oxygen atoms in total. The zero-order chi connectivity index (χ0) is 10.7. The van der Waals surface area contributed by atoms with Crippen molar-refractivity contribution in [1.29, 1.82) is 0 Å². The molecule has 2 aromatic heterocycles. The highest BCUT2D eigenvalue weighted by Crippen LogP contribution is 1.98. The third kappa shape index (κ3) is 2.26. The quantitative estimate of drug-likeness (QED) is 0.444. The minimum absolute atomic E-state index is 1.03. The SMILES string of the molecule is Cn1cccc1C#Cc1cc[n+](C)cc1. The van der Waals surface area contributed by atoms with Crippen molar-refractivity contribution in [2.75, 3.05) is 0 Å². The third-order valence-electron chi connectivity index (χ3n) is 2.26. The fourth-order valence-corrected chi connectivity index (χ4v) is 1.31. The molecule has 0 aliphatic carbocycles. The van der Waals surface area contributed by atoms with Gasteiger partial charge in [0.2, 0.25) is 0 Å². The van der Waals surface area contributed by atoms with E-state index in [0.29, 0.717) is 0 Å². The van der Waals surface area contributed by atoms with Crippen LogP contribution in [0.5, 0.6) is 0 Å².